The van der Waals surface area contributed by atoms with Gasteiger partial charge in [0.15, 0.2) is 0 Å². The molecule has 4 nitrogen and oxygen atoms in total. The number of hydrogen-bond acceptors (Lipinski definition) is 3. The summed E-state index contributed by atoms with van der Waals surface area (Å²) in [5.74, 6) is 4.84. The lowest BCUT2D eigenvalue weighted by molar-refractivity contribution is 0.0551. The summed E-state index contributed by atoms with van der Waals surface area (Å²) in [7, 11) is 1.89. The molecular weight excluding hydrogens is 540 g/mol. The lowest BCUT2D eigenvalue weighted by atomic mass is 9.92. The van der Waals surface area contributed by atoms with Gasteiger partial charge < -0.3 is 10.5 Å². The van der Waals surface area contributed by atoms with Crippen molar-refractivity contribution in [3.05, 3.63) is 100 Å². The standard InChI is InChI=1S/C37H43F2N3O/c1-5-6-9-17-29-22-23-33(31-20-12-8-11-18-30(37(38,39)26-40)19-14-16-27(31)2)35(24-29)43-36-25-34(41-42(36)4)32-21-13-7-10-15-28(32)3/h7,10-11,13,18-19,21-25H,5-6,8,12,14-16,20,26,40H2,1-4H3/b18-11-,30-19+,31-27-. The average Bonchev–Trinajstić information content (AvgIpc) is 3.18. The van der Waals surface area contributed by atoms with Crippen LogP contribution in [0.2, 0.25) is 0 Å². The molecule has 226 valence electrons. The number of nitrogens with two attached hydrogens (primary N) is 1. The third-order valence-corrected chi connectivity index (χ3v) is 7.81. The lowest BCUT2D eigenvalue weighted by Crippen LogP contribution is -2.29. The highest BCUT2D eigenvalue weighted by Crippen LogP contribution is 2.38. The molecule has 6 heteroatoms. The molecule has 0 bridgehead atoms. The van der Waals surface area contributed by atoms with Gasteiger partial charge in [0.05, 0.1) is 12.2 Å². The van der Waals surface area contributed by atoms with Gasteiger partial charge in [0, 0.05) is 41.8 Å². The molecule has 4 rings (SSSR count). The summed E-state index contributed by atoms with van der Waals surface area (Å²) in [6.45, 7) is 5.64. The van der Waals surface area contributed by atoms with E-state index in [1.165, 1.54) is 11.1 Å². The maximum absolute atomic E-state index is 14.4. The summed E-state index contributed by atoms with van der Waals surface area (Å²) < 4.78 is 37.3. The van der Waals surface area contributed by atoms with Gasteiger partial charge in [0.1, 0.15) is 5.75 Å². The van der Waals surface area contributed by atoms with Crippen LogP contribution in [0.25, 0.3) is 11.1 Å². The SMILES string of the molecule is CCCC#Cc1ccc(/C2=C(/C)CC/C=C(C(F)(F)CN)\C=C/CCC2)c(Oc2cc(C3=C(C)CC=CC=C3)nn2C)c1. The third-order valence-electron chi connectivity index (χ3n) is 7.81. The molecule has 0 atom stereocenters. The van der Waals surface area contributed by atoms with Crippen LogP contribution in [-0.4, -0.2) is 22.2 Å². The Balaban J connectivity index is 1.73. The molecule has 0 saturated heterocycles. The van der Waals surface area contributed by atoms with E-state index in [-0.39, 0.29) is 5.57 Å². The summed E-state index contributed by atoms with van der Waals surface area (Å²) >= 11 is 0. The molecule has 1 aromatic carbocycles. The summed E-state index contributed by atoms with van der Waals surface area (Å²) in [5.41, 5.74) is 12.8. The van der Waals surface area contributed by atoms with Gasteiger partial charge in [-0.1, -0.05) is 72.4 Å². The highest BCUT2D eigenvalue weighted by Gasteiger charge is 2.30. The monoisotopic (exact) mass is 583 g/mol. The number of hydrogen-bond donors (Lipinski definition) is 1. The van der Waals surface area contributed by atoms with Gasteiger partial charge in [-0.25, -0.2) is 4.68 Å². The Hall–Kier alpha value is -3.95. The van der Waals surface area contributed by atoms with Crippen molar-refractivity contribution in [3.8, 4) is 23.5 Å². The van der Waals surface area contributed by atoms with E-state index in [4.69, 9.17) is 15.6 Å². The van der Waals surface area contributed by atoms with Crippen LogP contribution in [0.15, 0.2) is 83.5 Å². The number of allylic oxidation sites excluding steroid dienone is 11. The van der Waals surface area contributed by atoms with Gasteiger partial charge in [-0.2, -0.15) is 13.9 Å². The molecule has 2 N–H and O–H groups in total. The molecule has 0 unspecified atom stereocenters. The van der Waals surface area contributed by atoms with Crippen molar-refractivity contribution in [2.24, 2.45) is 12.8 Å². The van der Waals surface area contributed by atoms with Gasteiger partial charge in [-0.3, -0.25) is 0 Å². The zero-order chi connectivity index (χ0) is 30.8. The predicted octanol–water partition coefficient (Wildman–Crippen LogP) is 9.47. The third kappa shape index (κ3) is 8.33. The number of nitrogens with zero attached hydrogens (tertiary/aromatic N) is 2. The highest BCUT2D eigenvalue weighted by molar-refractivity contribution is 5.77. The van der Waals surface area contributed by atoms with Crippen molar-refractivity contribution in [2.75, 3.05) is 6.54 Å². The van der Waals surface area contributed by atoms with Crippen molar-refractivity contribution in [3.63, 3.8) is 0 Å². The molecule has 1 heterocycles. The second-order valence-corrected chi connectivity index (χ2v) is 11.2. The van der Waals surface area contributed by atoms with Crippen molar-refractivity contribution >= 4 is 11.1 Å². The normalized spacial score (nSPS) is 20.0. The molecule has 1 aromatic heterocycles. The van der Waals surface area contributed by atoms with Gasteiger partial charge in [-0.15, -0.1) is 0 Å². The van der Waals surface area contributed by atoms with Gasteiger partial charge in [0.25, 0.3) is 5.92 Å². The number of aromatic nitrogens is 2. The minimum atomic E-state index is -3.03. The first kappa shape index (κ1) is 32.0. The van der Waals surface area contributed by atoms with Crippen LogP contribution in [0.3, 0.4) is 0 Å². The Bertz CT molecular complexity index is 1550. The summed E-state index contributed by atoms with van der Waals surface area (Å²) in [5, 5.41) is 4.79. The molecule has 0 amide bonds. The van der Waals surface area contributed by atoms with Crippen LogP contribution in [0, 0.1) is 11.8 Å². The van der Waals surface area contributed by atoms with E-state index in [0.29, 0.717) is 30.9 Å². The number of alkyl halides is 2. The first-order valence-corrected chi connectivity index (χ1v) is 15.3. The lowest BCUT2D eigenvalue weighted by Gasteiger charge is -2.17. The summed E-state index contributed by atoms with van der Waals surface area (Å²) in [6.07, 6.45) is 19.5. The number of ether oxygens (including phenoxy) is 1. The largest absolute Gasteiger partial charge is 0.439 e. The minimum Gasteiger partial charge on any atom is -0.439 e. The Labute approximate surface area is 255 Å². The number of halogens is 2. The molecule has 0 spiro atoms. The van der Waals surface area contributed by atoms with E-state index < -0.39 is 12.5 Å². The fourth-order valence-electron chi connectivity index (χ4n) is 5.28. The molecular formula is C37H43F2N3O. The fourth-order valence-corrected chi connectivity index (χ4v) is 5.28. The van der Waals surface area contributed by atoms with E-state index in [1.807, 2.05) is 37.4 Å². The molecule has 0 fully saturated rings. The van der Waals surface area contributed by atoms with Gasteiger partial charge >= 0.3 is 0 Å². The number of aryl methyl sites for hydroxylation is 1. The second kappa shape index (κ2) is 15.0. The van der Waals surface area contributed by atoms with Crippen LogP contribution in [-0.2, 0) is 7.05 Å². The van der Waals surface area contributed by atoms with Crippen LogP contribution in [0.4, 0.5) is 8.78 Å². The molecule has 2 aliphatic carbocycles. The molecule has 0 saturated carbocycles. The fraction of sp³-hybridized carbons (Fsp3) is 0.378. The van der Waals surface area contributed by atoms with Crippen LogP contribution >= 0.6 is 0 Å². The molecule has 2 aliphatic rings. The first-order valence-electron chi connectivity index (χ1n) is 15.3. The highest BCUT2D eigenvalue weighted by atomic mass is 19.3. The molecule has 43 heavy (non-hydrogen) atoms. The minimum absolute atomic E-state index is 0.00179. The van der Waals surface area contributed by atoms with Crippen LogP contribution in [0.1, 0.15) is 89.0 Å². The van der Waals surface area contributed by atoms with Crippen LogP contribution < -0.4 is 10.5 Å². The van der Waals surface area contributed by atoms with Crippen molar-refractivity contribution in [1.82, 2.24) is 9.78 Å². The zero-order valence-electron chi connectivity index (χ0n) is 25.9. The van der Waals surface area contributed by atoms with E-state index in [2.05, 4.69) is 56.9 Å². The Morgan fingerprint density at radius 1 is 1.05 bits per heavy atom. The number of unbranched alkanes of at least 4 members (excludes halogenated alkanes) is 1. The van der Waals surface area contributed by atoms with E-state index in [0.717, 1.165) is 60.1 Å². The topological polar surface area (TPSA) is 53.1 Å². The zero-order valence-corrected chi connectivity index (χ0v) is 25.9. The smallest absolute Gasteiger partial charge is 0.284 e. The van der Waals surface area contributed by atoms with Gasteiger partial charge in [0.2, 0.25) is 5.88 Å². The van der Waals surface area contributed by atoms with Gasteiger partial charge in [-0.05, 0) is 82.6 Å². The molecule has 2 aromatic rings. The second-order valence-electron chi connectivity index (χ2n) is 11.2. The Kier molecular flexibility index (Phi) is 11.1. The van der Waals surface area contributed by atoms with E-state index >= 15 is 0 Å². The van der Waals surface area contributed by atoms with Crippen molar-refractivity contribution < 1.29 is 13.5 Å². The summed E-state index contributed by atoms with van der Waals surface area (Å²) in [4.78, 5) is 0. The number of benzene rings is 1. The van der Waals surface area contributed by atoms with Crippen molar-refractivity contribution in [2.45, 2.75) is 78.1 Å². The van der Waals surface area contributed by atoms with E-state index in [1.54, 1.807) is 16.8 Å². The average molecular weight is 584 g/mol. The summed E-state index contributed by atoms with van der Waals surface area (Å²) in [6, 6.07) is 8.13. The van der Waals surface area contributed by atoms with Crippen molar-refractivity contribution in [1.29, 1.82) is 0 Å². The quantitative estimate of drug-likeness (QED) is 0.330. The maximum atomic E-state index is 14.4. The Morgan fingerprint density at radius 2 is 1.88 bits per heavy atom. The molecule has 0 aliphatic heterocycles. The van der Waals surface area contributed by atoms with Crippen LogP contribution in [0.5, 0.6) is 11.6 Å². The number of rotatable bonds is 7. The first-order chi connectivity index (χ1) is 20.7. The van der Waals surface area contributed by atoms with E-state index in [9.17, 15) is 8.78 Å². The Morgan fingerprint density at radius 3 is 2.67 bits per heavy atom. The predicted molar refractivity (Wildman–Crippen MR) is 174 cm³/mol. The maximum Gasteiger partial charge on any atom is 0.284 e. The molecule has 0 radical (unpaired) electrons.